The number of carbonyl (C=O) groups is 1. The molecule has 0 aliphatic carbocycles. The van der Waals surface area contributed by atoms with Crippen LogP contribution in [0.3, 0.4) is 0 Å². The van der Waals surface area contributed by atoms with Crippen molar-refractivity contribution in [3.05, 3.63) is 0 Å². The Morgan fingerprint density at radius 1 is 0.692 bits per heavy atom. The molecule has 152 valence electrons. The number of ketones is 1. The van der Waals surface area contributed by atoms with E-state index in [1.54, 1.807) is 0 Å². The maximum absolute atomic E-state index is 12.9. The lowest BCUT2D eigenvalue weighted by molar-refractivity contribution is -0.123. The average Bonchev–Trinajstić information content (AvgIpc) is 2.59. The SMILES string of the molecule is CCCCCCCCCC(=O)C(CCCCCCCC)(C(N)=S)C(N)=S. The van der Waals surface area contributed by atoms with Gasteiger partial charge in [0.25, 0.3) is 0 Å². The highest BCUT2D eigenvalue weighted by Crippen LogP contribution is 2.30. The van der Waals surface area contributed by atoms with Crippen molar-refractivity contribution in [2.45, 2.75) is 110 Å². The number of carbonyl (C=O) groups excluding carboxylic acids is 1. The lowest BCUT2D eigenvalue weighted by atomic mass is 9.76. The first kappa shape index (κ1) is 25.4. The van der Waals surface area contributed by atoms with Crippen LogP contribution in [0.4, 0.5) is 0 Å². The van der Waals surface area contributed by atoms with E-state index in [-0.39, 0.29) is 15.8 Å². The van der Waals surface area contributed by atoms with E-state index in [0.29, 0.717) is 12.8 Å². The van der Waals surface area contributed by atoms with Crippen molar-refractivity contribution in [2.75, 3.05) is 0 Å². The lowest BCUT2D eigenvalue weighted by Crippen LogP contribution is -2.51. The van der Waals surface area contributed by atoms with Crippen molar-refractivity contribution < 1.29 is 4.79 Å². The molecule has 0 aromatic heterocycles. The molecule has 0 heterocycles. The fourth-order valence-corrected chi connectivity index (χ4v) is 4.12. The van der Waals surface area contributed by atoms with Crippen LogP contribution in [0.1, 0.15) is 110 Å². The Labute approximate surface area is 172 Å². The summed E-state index contributed by atoms with van der Waals surface area (Å²) in [4.78, 5) is 13.2. The number of nitrogens with two attached hydrogens (primary N) is 2. The summed E-state index contributed by atoms with van der Waals surface area (Å²) >= 11 is 10.5. The molecule has 0 bridgehead atoms. The monoisotopic (exact) mass is 400 g/mol. The van der Waals surface area contributed by atoms with Crippen LogP contribution in [0.2, 0.25) is 0 Å². The quantitative estimate of drug-likeness (QED) is 0.218. The van der Waals surface area contributed by atoms with E-state index in [1.165, 1.54) is 57.8 Å². The van der Waals surface area contributed by atoms with E-state index >= 15 is 0 Å². The number of hydrogen-bond acceptors (Lipinski definition) is 3. The highest BCUT2D eigenvalue weighted by Gasteiger charge is 2.43. The van der Waals surface area contributed by atoms with Gasteiger partial charge in [0, 0.05) is 6.42 Å². The van der Waals surface area contributed by atoms with E-state index in [9.17, 15) is 4.79 Å². The largest absolute Gasteiger partial charge is 0.392 e. The molecule has 0 unspecified atom stereocenters. The van der Waals surface area contributed by atoms with Gasteiger partial charge in [0.05, 0.1) is 9.98 Å². The summed E-state index contributed by atoms with van der Waals surface area (Å²) in [6, 6.07) is 0. The van der Waals surface area contributed by atoms with E-state index in [4.69, 9.17) is 35.9 Å². The molecule has 5 heteroatoms. The van der Waals surface area contributed by atoms with Crippen LogP contribution in [-0.2, 0) is 4.79 Å². The van der Waals surface area contributed by atoms with Gasteiger partial charge in [0.1, 0.15) is 5.41 Å². The first-order valence-electron chi connectivity index (χ1n) is 10.6. The van der Waals surface area contributed by atoms with Crippen molar-refractivity contribution in [3.8, 4) is 0 Å². The van der Waals surface area contributed by atoms with Crippen LogP contribution in [-0.4, -0.2) is 15.8 Å². The Bertz CT molecular complexity index is 410. The van der Waals surface area contributed by atoms with Crippen molar-refractivity contribution >= 4 is 40.2 Å². The topological polar surface area (TPSA) is 69.1 Å². The van der Waals surface area contributed by atoms with Gasteiger partial charge in [-0.25, -0.2) is 0 Å². The molecule has 0 rings (SSSR count). The van der Waals surface area contributed by atoms with Crippen LogP contribution in [0, 0.1) is 5.41 Å². The Morgan fingerprint density at radius 3 is 1.50 bits per heavy atom. The molecule has 0 spiro atoms. The summed E-state index contributed by atoms with van der Waals surface area (Å²) in [5.41, 5.74) is 10.9. The zero-order chi connectivity index (χ0) is 19.8. The van der Waals surface area contributed by atoms with Crippen molar-refractivity contribution in [3.63, 3.8) is 0 Å². The van der Waals surface area contributed by atoms with Gasteiger partial charge in [-0.15, -0.1) is 0 Å². The Balaban J connectivity index is 4.49. The van der Waals surface area contributed by atoms with Crippen molar-refractivity contribution in [1.82, 2.24) is 0 Å². The van der Waals surface area contributed by atoms with E-state index in [0.717, 1.165) is 25.7 Å². The standard InChI is InChI=1S/C21H40N2OS2/c1-3-5-7-9-11-12-14-16-18(24)21(19(22)25,20(23)26)17-15-13-10-8-6-4-2/h3-17H2,1-2H3,(H2,22,25)(H2,23,26). The molecule has 0 amide bonds. The van der Waals surface area contributed by atoms with E-state index in [1.807, 2.05) is 0 Å². The van der Waals surface area contributed by atoms with E-state index < -0.39 is 5.41 Å². The second kappa shape index (κ2) is 15.5. The molecule has 0 aromatic rings. The Kier molecular flexibility index (Phi) is 15.2. The number of thiocarbonyl (C=S) groups is 2. The van der Waals surface area contributed by atoms with E-state index in [2.05, 4.69) is 13.8 Å². The van der Waals surface area contributed by atoms with Gasteiger partial charge in [-0.3, -0.25) is 4.79 Å². The number of rotatable bonds is 18. The minimum atomic E-state index is -1.07. The number of Topliss-reactive ketones (excluding diaryl/α,β-unsaturated/α-hetero) is 1. The minimum absolute atomic E-state index is 0.0274. The predicted molar refractivity (Wildman–Crippen MR) is 122 cm³/mol. The van der Waals surface area contributed by atoms with Crippen LogP contribution in [0.15, 0.2) is 0 Å². The highest BCUT2D eigenvalue weighted by atomic mass is 32.1. The summed E-state index contributed by atoms with van der Waals surface area (Å²) in [5, 5.41) is 0. The van der Waals surface area contributed by atoms with Gasteiger partial charge < -0.3 is 11.5 Å². The highest BCUT2D eigenvalue weighted by molar-refractivity contribution is 7.82. The lowest BCUT2D eigenvalue weighted by Gasteiger charge is -2.30. The fraction of sp³-hybridized carbons (Fsp3) is 0.857. The molecule has 0 aliphatic heterocycles. The second-order valence-electron chi connectivity index (χ2n) is 7.45. The molecule has 0 fully saturated rings. The van der Waals surface area contributed by atoms with Gasteiger partial charge in [0.2, 0.25) is 0 Å². The molecule has 0 saturated carbocycles. The molecule has 26 heavy (non-hydrogen) atoms. The second-order valence-corrected chi connectivity index (χ2v) is 8.33. The van der Waals surface area contributed by atoms with Crippen LogP contribution >= 0.6 is 24.4 Å². The first-order chi connectivity index (χ1) is 12.4. The molecule has 0 radical (unpaired) electrons. The van der Waals surface area contributed by atoms with Crippen LogP contribution in [0.25, 0.3) is 0 Å². The first-order valence-corrected chi connectivity index (χ1v) is 11.4. The summed E-state index contributed by atoms with van der Waals surface area (Å²) in [5.74, 6) is 0.0274. The Morgan fingerprint density at radius 2 is 1.08 bits per heavy atom. The molecule has 3 nitrogen and oxygen atoms in total. The molecule has 0 aliphatic rings. The van der Waals surface area contributed by atoms with Crippen LogP contribution < -0.4 is 11.5 Å². The van der Waals surface area contributed by atoms with Crippen molar-refractivity contribution in [1.29, 1.82) is 0 Å². The van der Waals surface area contributed by atoms with Gasteiger partial charge in [-0.05, 0) is 12.8 Å². The molecule has 4 N–H and O–H groups in total. The summed E-state index contributed by atoms with van der Waals surface area (Å²) in [6.07, 6.45) is 16.1. The van der Waals surface area contributed by atoms with Gasteiger partial charge in [-0.2, -0.15) is 0 Å². The summed E-state index contributed by atoms with van der Waals surface area (Å²) < 4.78 is 0. The maximum atomic E-state index is 12.9. The Hall–Kier alpha value is -0.550. The third kappa shape index (κ3) is 9.40. The molecule has 0 atom stereocenters. The van der Waals surface area contributed by atoms with Gasteiger partial charge in [0.15, 0.2) is 5.78 Å². The molecule has 0 saturated heterocycles. The zero-order valence-corrected chi connectivity index (χ0v) is 18.6. The number of hydrogen-bond donors (Lipinski definition) is 2. The molecular weight excluding hydrogens is 360 g/mol. The fourth-order valence-electron chi connectivity index (χ4n) is 3.41. The average molecular weight is 401 g/mol. The molecular formula is C21H40N2OS2. The van der Waals surface area contributed by atoms with Crippen molar-refractivity contribution in [2.24, 2.45) is 16.9 Å². The normalized spacial score (nSPS) is 11.5. The third-order valence-corrected chi connectivity index (χ3v) is 5.93. The number of unbranched alkanes of at least 4 members (excludes halogenated alkanes) is 11. The van der Waals surface area contributed by atoms with Gasteiger partial charge >= 0.3 is 0 Å². The van der Waals surface area contributed by atoms with Crippen LogP contribution in [0.5, 0.6) is 0 Å². The third-order valence-electron chi connectivity index (χ3n) is 5.23. The zero-order valence-electron chi connectivity index (χ0n) is 17.0. The van der Waals surface area contributed by atoms with Gasteiger partial charge in [-0.1, -0.05) is 115 Å². The summed E-state index contributed by atoms with van der Waals surface area (Å²) in [7, 11) is 0. The predicted octanol–water partition coefficient (Wildman–Crippen LogP) is 6.01. The smallest absolute Gasteiger partial charge is 0.152 e. The summed E-state index contributed by atoms with van der Waals surface area (Å²) in [6.45, 7) is 4.42. The minimum Gasteiger partial charge on any atom is -0.392 e. The maximum Gasteiger partial charge on any atom is 0.152 e. The molecule has 0 aromatic carbocycles.